The van der Waals surface area contributed by atoms with Crippen LogP contribution in [0.5, 0.6) is 0 Å². The molecule has 0 saturated heterocycles. The van der Waals surface area contributed by atoms with Gasteiger partial charge in [0.1, 0.15) is 9.71 Å². The van der Waals surface area contributed by atoms with Crippen LogP contribution < -0.4 is 11.1 Å². The van der Waals surface area contributed by atoms with E-state index < -0.39 is 0 Å². The molecule has 0 aliphatic carbocycles. The highest BCUT2D eigenvalue weighted by atomic mass is 32.1. The molecular weight excluding hydrogens is 276 g/mol. The summed E-state index contributed by atoms with van der Waals surface area (Å²) in [5, 5.41) is 17.4. The number of nitrogens with two attached hydrogens (primary N) is 1. The average molecular weight is 296 g/mol. The van der Waals surface area contributed by atoms with Crippen LogP contribution in [0.3, 0.4) is 0 Å². The fraction of sp³-hybridized carbons (Fsp3) is 0.538. The van der Waals surface area contributed by atoms with E-state index in [0.29, 0.717) is 30.0 Å². The minimum atomic E-state index is -0.374. The van der Waals surface area contributed by atoms with Crippen LogP contribution in [0.15, 0.2) is 0 Å². The standard InChI is InChI=1S/C13H20N4O2S/c1-4-8(18)5-6-15-12(19)11-10(14)9-7(2)16-17(3)13(9)20-11/h8,18H,4-6,14H2,1-3H3,(H,15,19). The molecular formula is C13H20N4O2S. The lowest BCUT2D eigenvalue weighted by Crippen LogP contribution is -2.26. The molecule has 2 aromatic heterocycles. The first-order chi connectivity index (χ1) is 9.45. The summed E-state index contributed by atoms with van der Waals surface area (Å²) < 4.78 is 1.74. The zero-order valence-electron chi connectivity index (χ0n) is 11.9. The number of anilines is 1. The fourth-order valence-electron chi connectivity index (χ4n) is 2.13. The Balaban J connectivity index is 2.14. The Labute approximate surface area is 121 Å². The molecule has 6 nitrogen and oxygen atoms in total. The number of amides is 1. The van der Waals surface area contributed by atoms with Crippen molar-refractivity contribution in [2.45, 2.75) is 32.8 Å². The maximum Gasteiger partial charge on any atom is 0.263 e. The predicted molar refractivity (Wildman–Crippen MR) is 81.0 cm³/mol. The minimum Gasteiger partial charge on any atom is -0.397 e. The quantitative estimate of drug-likeness (QED) is 0.778. The fourth-order valence-corrected chi connectivity index (χ4v) is 3.24. The highest BCUT2D eigenvalue weighted by Crippen LogP contribution is 2.35. The van der Waals surface area contributed by atoms with Gasteiger partial charge in [-0.1, -0.05) is 6.92 Å². The van der Waals surface area contributed by atoms with Gasteiger partial charge in [0, 0.05) is 13.6 Å². The smallest absolute Gasteiger partial charge is 0.263 e. The molecule has 20 heavy (non-hydrogen) atoms. The molecule has 0 radical (unpaired) electrons. The Hall–Kier alpha value is -1.60. The number of nitrogen functional groups attached to an aromatic ring is 1. The molecule has 0 saturated carbocycles. The van der Waals surface area contributed by atoms with E-state index in [1.807, 2.05) is 20.9 Å². The third-order valence-electron chi connectivity index (χ3n) is 3.32. The van der Waals surface area contributed by atoms with Gasteiger partial charge in [-0.05, 0) is 19.8 Å². The van der Waals surface area contributed by atoms with Crippen molar-refractivity contribution in [2.75, 3.05) is 12.3 Å². The molecule has 1 unspecified atom stereocenters. The molecule has 4 N–H and O–H groups in total. The van der Waals surface area contributed by atoms with E-state index in [-0.39, 0.29) is 12.0 Å². The van der Waals surface area contributed by atoms with Crippen LogP contribution in [0.2, 0.25) is 0 Å². The summed E-state index contributed by atoms with van der Waals surface area (Å²) in [7, 11) is 1.84. The first-order valence-corrected chi connectivity index (χ1v) is 7.45. The van der Waals surface area contributed by atoms with Crippen LogP contribution in [-0.4, -0.2) is 33.4 Å². The molecule has 0 bridgehead atoms. The molecule has 0 aliphatic rings. The van der Waals surface area contributed by atoms with E-state index in [9.17, 15) is 9.90 Å². The lowest BCUT2D eigenvalue weighted by atomic mass is 10.2. The molecule has 2 rings (SSSR count). The largest absolute Gasteiger partial charge is 0.397 e. The highest BCUT2D eigenvalue weighted by molar-refractivity contribution is 7.21. The van der Waals surface area contributed by atoms with Crippen LogP contribution >= 0.6 is 11.3 Å². The van der Waals surface area contributed by atoms with Crippen molar-refractivity contribution < 1.29 is 9.90 Å². The van der Waals surface area contributed by atoms with E-state index >= 15 is 0 Å². The number of aliphatic hydroxyl groups is 1. The first-order valence-electron chi connectivity index (χ1n) is 6.63. The first kappa shape index (κ1) is 14.8. The van der Waals surface area contributed by atoms with Gasteiger partial charge in [0.05, 0.1) is 22.9 Å². The number of rotatable bonds is 5. The van der Waals surface area contributed by atoms with E-state index in [0.717, 1.165) is 15.9 Å². The van der Waals surface area contributed by atoms with Gasteiger partial charge >= 0.3 is 0 Å². The van der Waals surface area contributed by atoms with E-state index in [1.165, 1.54) is 11.3 Å². The maximum atomic E-state index is 12.1. The molecule has 2 aromatic rings. The third-order valence-corrected chi connectivity index (χ3v) is 4.59. The maximum absolute atomic E-state index is 12.1. The number of thiophene rings is 1. The summed E-state index contributed by atoms with van der Waals surface area (Å²) >= 11 is 1.34. The minimum absolute atomic E-state index is 0.189. The number of carbonyl (C=O) groups excluding carboxylic acids is 1. The van der Waals surface area contributed by atoms with Crippen molar-refractivity contribution >= 4 is 33.1 Å². The van der Waals surface area contributed by atoms with Gasteiger partial charge in [0.25, 0.3) is 5.91 Å². The van der Waals surface area contributed by atoms with Crippen molar-refractivity contribution in [3.8, 4) is 0 Å². The summed E-state index contributed by atoms with van der Waals surface area (Å²) in [6.07, 6.45) is 0.862. The number of nitrogens with zero attached hydrogens (tertiary/aromatic N) is 2. The second-order valence-corrected chi connectivity index (χ2v) is 5.84. The van der Waals surface area contributed by atoms with Crippen molar-refractivity contribution in [1.82, 2.24) is 15.1 Å². The van der Waals surface area contributed by atoms with Gasteiger partial charge < -0.3 is 16.2 Å². The summed E-state index contributed by atoms with van der Waals surface area (Å²) in [5.74, 6) is -0.189. The predicted octanol–water partition coefficient (Wildman–Crippen LogP) is 1.42. The summed E-state index contributed by atoms with van der Waals surface area (Å²) in [6.45, 7) is 4.23. The molecule has 0 aliphatic heterocycles. The Morgan fingerprint density at radius 3 is 2.90 bits per heavy atom. The number of nitrogens with one attached hydrogen (secondary N) is 1. The van der Waals surface area contributed by atoms with Crippen LogP contribution in [0.25, 0.3) is 10.2 Å². The number of aliphatic hydroxyl groups excluding tert-OH is 1. The zero-order chi connectivity index (χ0) is 14.9. The zero-order valence-corrected chi connectivity index (χ0v) is 12.8. The van der Waals surface area contributed by atoms with Gasteiger partial charge in [-0.3, -0.25) is 9.48 Å². The molecule has 7 heteroatoms. The second-order valence-electron chi connectivity index (χ2n) is 4.84. The Morgan fingerprint density at radius 2 is 2.30 bits per heavy atom. The van der Waals surface area contributed by atoms with E-state index in [4.69, 9.17) is 5.73 Å². The number of aryl methyl sites for hydroxylation is 2. The van der Waals surface area contributed by atoms with Gasteiger partial charge in [0.2, 0.25) is 0 Å². The summed E-state index contributed by atoms with van der Waals surface area (Å²) in [4.78, 5) is 13.6. The Morgan fingerprint density at radius 1 is 1.60 bits per heavy atom. The number of hydrogen-bond donors (Lipinski definition) is 3. The summed E-state index contributed by atoms with van der Waals surface area (Å²) in [5.41, 5.74) is 7.38. The Kier molecular flexibility index (Phi) is 4.29. The molecule has 110 valence electrons. The van der Waals surface area contributed by atoms with Crippen molar-refractivity contribution in [1.29, 1.82) is 0 Å². The van der Waals surface area contributed by atoms with Crippen molar-refractivity contribution in [3.05, 3.63) is 10.6 Å². The topological polar surface area (TPSA) is 93.2 Å². The monoisotopic (exact) mass is 296 g/mol. The third kappa shape index (κ3) is 2.64. The molecule has 1 atom stereocenters. The van der Waals surface area contributed by atoms with Crippen LogP contribution in [0, 0.1) is 6.92 Å². The van der Waals surface area contributed by atoms with E-state index in [1.54, 1.807) is 4.68 Å². The number of fused-ring (bicyclic) bond motifs is 1. The van der Waals surface area contributed by atoms with Crippen LogP contribution in [-0.2, 0) is 7.05 Å². The van der Waals surface area contributed by atoms with Crippen molar-refractivity contribution in [3.63, 3.8) is 0 Å². The lowest BCUT2D eigenvalue weighted by molar-refractivity contribution is 0.0947. The lowest BCUT2D eigenvalue weighted by Gasteiger charge is -2.08. The highest BCUT2D eigenvalue weighted by Gasteiger charge is 2.20. The molecule has 0 fully saturated rings. The van der Waals surface area contributed by atoms with E-state index in [2.05, 4.69) is 10.4 Å². The van der Waals surface area contributed by atoms with Gasteiger partial charge in [-0.15, -0.1) is 11.3 Å². The van der Waals surface area contributed by atoms with Crippen molar-refractivity contribution in [2.24, 2.45) is 7.05 Å². The van der Waals surface area contributed by atoms with Gasteiger partial charge in [-0.25, -0.2) is 0 Å². The molecule has 0 aromatic carbocycles. The van der Waals surface area contributed by atoms with Crippen LogP contribution in [0.1, 0.15) is 35.1 Å². The molecule has 2 heterocycles. The van der Waals surface area contributed by atoms with Gasteiger partial charge in [0.15, 0.2) is 0 Å². The SMILES string of the molecule is CCC(O)CCNC(=O)c1sc2c(c(C)nn2C)c1N. The number of hydrogen-bond acceptors (Lipinski definition) is 5. The number of carbonyl (C=O) groups is 1. The normalized spacial score (nSPS) is 12.8. The van der Waals surface area contributed by atoms with Crippen LogP contribution in [0.4, 0.5) is 5.69 Å². The summed E-state index contributed by atoms with van der Waals surface area (Å²) in [6, 6.07) is 0. The molecule has 0 spiro atoms. The van der Waals surface area contributed by atoms with Gasteiger partial charge in [-0.2, -0.15) is 5.10 Å². The molecule has 1 amide bonds. The average Bonchev–Trinajstić information content (AvgIpc) is 2.89. The second kappa shape index (κ2) is 5.80. The number of aromatic nitrogens is 2. The Bertz CT molecular complexity index is 632.